The van der Waals surface area contributed by atoms with Crippen LogP contribution in [0.5, 0.6) is 0 Å². The van der Waals surface area contributed by atoms with Gasteiger partial charge in [-0.15, -0.1) is 5.10 Å². The molecule has 1 amide bonds. The van der Waals surface area contributed by atoms with Gasteiger partial charge in [-0.1, -0.05) is 89.2 Å². The van der Waals surface area contributed by atoms with Crippen molar-refractivity contribution in [3.05, 3.63) is 110 Å². The minimum atomic E-state index is -0.318. The summed E-state index contributed by atoms with van der Waals surface area (Å²) in [6, 6.07) is 23.6. The highest BCUT2D eigenvalue weighted by atomic mass is 32.1. The highest BCUT2D eigenvalue weighted by Gasteiger charge is 2.34. The molecule has 7 heteroatoms. The van der Waals surface area contributed by atoms with E-state index in [-0.39, 0.29) is 11.5 Å². The average molecular weight is 465 g/mol. The number of hydrogen-bond donors (Lipinski definition) is 0. The maximum absolute atomic E-state index is 13.6. The van der Waals surface area contributed by atoms with E-state index in [0.717, 1.165) is 27.9 Å². The summed E-state index contributed by atoms with van der Waals surface area (Å²) in [5.41, 5.74) is 5.86. The Hall–Kier alpha value is -4.10. The van der Waals surface area contributed by atoms with Crippen LogP contribution in [0.4, 0.5) is 5.69 Å². The summed E-state index contributed by atoms with van der Waals surface area (Å²) in [5, 5.41) is 4.45. The molecule has 0 N–H and O–H groups in total. The second-order valence-electron chi connectivity index (χ2n) is 8.50. The van der Waals surface area contributed by atoms with Gasteiger partial charge in [-0.25, -0.2) is 0 Å². The molecule has 0 saturated carbocycles. The molecule has 0 fully saturated rings. The Labute approximate surface area is 199 Å². The van der Waals surface area contributed by atoms with E-state index >= 15 is 0 Å². The molecule has 5 aromatic rings. The Morgan fingerprint density at radius 3 is 2.24 bits per heavy atom. The van der Waals surface area contributed by atoms with E-state index in [1.807, 2.05) is 86.6 Å². The Kier molecular flexibility index (Phi) is 4.67. The molecule has 0 unspecified atom stereocenters. The second-order valence-corrected chi connectivity index (χ2v) is 9.48. The van der Waals surface area contributed by atoms with Crippen LogP contribution >= 0.6 is 11.3 Å². The first-order valence-corrected chi connectivity index (χ1v) is 11.8. The molecule has 3 aromatic carbocycles. The molecule has 6 nitrogen and oxygen atoms in total. The van der Waals surface area contributed by atoms with E-state index in [9.17, 15) is 9.59 Å². The summed E-state index contributed by atoms with van der Waals surface area (Å²) in [5.74, 6) is 0.321. The fourth-order valence-corrected chi connectivity index (χ4v) is 5.24. The third-order valence-corrected chi connectivity index (χ3v) is 7.11. The number of thiazole rings is 1. The number of fused-ring (bicyclic) bond motifs is 2. The number of carbonyl (C=O) groups is 1. The van der Waals surface area contributed by atoms with Crippen LogP contribution in [0, 0.1) is 13.8 Å². The van der Waals surface area contributed by atoms with Gasteiger partial charge in [0.25, 0.3) is 11.5 Å². The fraction of sp³-hybridized carbons (Fsp3) is 0.111. The van der Waals surface area contributed by atoms with Crippen LogP contribution in [0.2, 0.25) is 0 Å². The van der Waals surface area contributed by atoms with Gasteiger partial charge in [0.2, 0.25) is 4.96 Å². The van der Waals surface area contributed by atoms with Gasteiger partial charge in [-0.05, 0) is 25.5 Å². The van der Waals surface area contributed by atoms with E-state index in [1.165, 1.54) is 21.4 Å². The molecule has 0 spiro atoms. The number of amides is 1. The van der Waals surface area contributed by atoms with Gasteiger partial charge in [0, 0.05) is 11.1 Å². The van der Waals surface area contributed by atoms with Crippen molar-refractivity contribution in [1.82, 2.24) is 14.6 Å². The lowest BCUT2D eigenvalue weighted by Crippen LogP contribution is -2.32. The van der Waals surface area contributed by atoms with E-state index in [4.69, 9.17) is 0 Å². The third-order valence-electron chi connectivity index (χ3n) is 6.08. The van der Waals surface area contributed by atoms with E-state index in [1.54, 1.807) is 4.90 Å². The summed E-state index contributed by atoms with van der Waals surface area (Å²) in [6.45, 7) is 4.49. The topological polar surface area (TPSA) is 67.6 Å². The van der Waals surface area contributed by atoms with E-state index < -0.39 is 0 Å². The number of aryl methyl sites for hydroxylation is 2. The zero-order valence-corrected chi connectivity index (χ0v) is 19.5. The van der Waals surface area contributed by atoms with Crippen LogP contribution in [-0.4, -0.2) is 20.5 Å². The second kappa shape index (κ2) is 7.74. The van der Waals surface area contributed by atoms with Crippen molar-refractivity contribution in [3.63, 3.8) is 0 Å². The number of aromatic nitrogens is 3. The standard InChI is InChI=1S/C27H20N4O2S/c1-16-7-11-18(12-8-16)15-30-21-6-4-3-5-20(21)22(25(30)32)23-26(33)31-27(34-23)28-24(29-31)19-13-9-17(2)10-14-19/h3-14H,15H2,1-2H3. The number of nitrogens with zero attached hydrogens (tertiary/aromatic N) is 4. The summed E-state index contributed by atoms with van der Waals surface area (Å²) in [6.07, 6.45) is 0. The van der Waals surface area contributed by atoms with E-state index in [2.05, 4.69) is 10.1 Å². The van der Waals surface area contributed by atoms with Crippen LogP contribution in [0.3, 0.4) is 0 Å². The highest BCUT2D eigenvalue weighted by molar-refractivity contribution is 7.15. The lowest BCUT2D eigenvalue weighted by molar-refractivity contribution is -0.113. The van der Waals surface area contributed by atoms with Crippen molar-refractivity contribution in [2.75, 3.05) is 4.90 Å². The van der Waals surface area contributed by atoms with Crippen LogP contribution in [-0.2, 0) is 11.3 Å². The molecular weight excluding hydrogens is 444 g/mol. The zero-order chi connectivity index (χ0) is 23.4. The Morgan fingerprint density at radius 2 is 1.53 bits per heavy atom. The van der Waals surface area contributed by atoms with Crippen molar-refractivity contribution >= 4 is 33.5 Å². The molecule has 6 rings (SSSR count). The van der Waals surface area contributed by atoms with Crippen LogP contribution in [0.25, 0.3) is 21.9 Å². The largest absolute Gasteiger partial charge is 0.303 e. The fourth-order valence-electron chi connectivity index (χ4n) is 4.24. The Morgan fingerprint density at radius 1 is 0.853 bits per heavy atom. The van der Waals surface area contributed by atoms with Gasteiger partial charge in [0.1, 0.15) is 4.53 Å². The smallest absolute Gasteiger partial charge is 0.291 e. The van der Waals surface area contributed by atoms with Crippen molar-refractivity contribution in [2.45, 2.75) is 20.4 Å². The first-order valence-electron chi connectivity index (χ1n) is 11.0. The molecule has 1 aliphatic heterocycles. The first kappa shape index (κ1) is 20.5. The van der Waals surface area contributed by atoms with Gasteiger partial charge in [0.05, 0.1) is 17.8 Å². The molecule has 34 heavy (non-hydrogen) atoms. The highest BCUT2D eigenvalue weighted by Crippen LogP contribution is 2.36. The lowest BCUT2D eigenvalue weighted by atomic mass is 10.1. The normalized spacial score (nSPS) is 14.8. The van der Waals surface area contributed by atoms with Crippen molar-refractivity contribution in [1.29, 1.82) is 0 Å². The lowest BCUT2D eigenvalue weighted by Gasteiger charge is -2.17. The van der Waals surface area contributed by atoms with Crippen LogP contribution in [0.1, 0.15) is 22.3 Å². The Balaban J connectivity index is 1.48. The quantitative estimate of drug-likeness (QED) is 0.406. The van der Waals surface area contributed by atoms with Gasteiger partial charge in [-0.3, -0.25) is 9.59 Å². The van der Waals surface area contributed by atoms with Crippen molar-refractivity contribution < 1.29 is 4.79 Å². The molecule has 3 heterocycles. The minimum Gasteiger partial charge on any atom is -0.303 e. The monoisotopic (exact) mass is 464 g/mol. The van der Waals surface area contributed by atoms with Crippen molar-refractivity contribution in [3.8, 4) is 11.4 Å². The number of para-hydroxylation sites is 1. The minimum absolute atomic E-state index is 0.179. The predicted octanol–water partition coefficient (Wildman–Crippen LogP) is 3.90. The van der Waals surface area contributed by atoms with Crippen LogP contribution in [0.15, 0.2) is 77.6 Å². The number of carbonyl (C=O) groups excluding carboxylic acids is 1. The van der Waals surface area contributed by atoms with Gasteiger partial charge in [-0.2, -0.15) is 9.50 Å². The third kappa shape index (κ3) is 3.24. The first-order chi connectivity index (χ1) is 16.5. The van der Waals surface area contributed by atoms with E-state index in [0.29, 0.717) is 27.4 Å². The number of anilines is 1. The molecule has 0 aliphatic carbocycles. The van der Waals surface area contributed by atoms with Gasteiger partial charge < -0.3 is 4.90 Å². The SMILES string of the molecule is Cc1ccc(CN2C(=O)C(=c3sc4nc(-c5ccc(C)cc5)nn4c3=O)c3ccccc32)cc1. The molecule has 2 aromatic heterocycles. The predicted molar refractivity (Wildman–Crippen MR) is 134 cm³/mol. The molecule has 0 atom stereocenters. The average Bonchev–Trinajstić information content (AvgIpc) is 3.47. The Bertz CT molecular complexity index is 1680. The maximum Gasteiger partial charge on any atom is 0.291 e. The summed E-state index contributed by atoms with van der Waals surface area (Å²) in [4.78, 5) is 33.8. The van der Waals surface area contributed by atoms with Crippen LogP contribution < -0.4 is 15.0 Å². The summed E-state index contributed by atoms with van der Waals surface area (Å²) >= 11 is 1.21. The molecule has 166 valence electrons. The number of benzene rings is 3. The van der Waals surface area contributed by atoms with Gasteiger partial charge in [0.15, 0.2) is 5.82 Å². The maximum atomic E-state index is 13.6. The molecule has 0 bridgehead atoms. The molecule has 1 aliphatic rings. The molecule has 0 radical (unpaired) electrons. The van der Waals surface area contributed by atoms with Gasteiger partial charge >= 0.3 is 0 Å². The number of hydrogen-bond acceptors (Lipinski definition) is 5. The summed E-state index contributed by atoms with van der Waals surface area (Å²) < 4.78 is 1.68. The van der Waals surface area contributed by atoms with Crippen molar-refractivity contribution in [2.24, 2.45) is 0 Å². The summed E-state index contributed by atoms with van der Waals surface area (Å²) in [7, 11) is 0. The molecule has 0 saturated heterocycles. The number of rotatable bonds is 3. The molecular formula is C27H20N4O2S. The zero-order valence-electron chi connectivity index (χ0n) is 18.6.